The Morgan fingerprint density at radius 1 is 0.769 bits per heavy atom. The number of nitrogens with two attached hydrogens (primary N) is 1. The molecule has 0 bridgehead atoms. The fourth-order valence-electron chi connectivity index (χ4n) is 1.38. The molecule has 0 amide bonds. The van der Waals surface area contributed by atoms with E-state index in [9.17, 15) is 4.91 Å². The Morgan fingerprint density at radius 3 is 1.69 bits per heavy atom. The van der Waals surface area contributed by atoms with Crippen molar-refractivity contribution in [1.29, 1.82) is 0 Å². The summed E-state index contributed by atoms with van der Waals surface area (Å²) in [5.41, 5.74) is 5.38. The van der Waals surface area contributed by atoms with Gasteiger partial charge in [-0.3, -0.25) is 0 Å². The normalized spacial score (nSPS) is 10.2. The van der Waals surface area contributed by atoms with E-state index in [0.29, 0.717) is 6.54 Å². The highest BCUT2D eigenvalue weighted by molar-refractivity contribution is 4.48. The molecule has 0 heterocycles. The van der Waals surface area contributed by atoms with Crippen LogP contribution < -0.4 is 5.73 Å². The molecule has 2 N–H and O–H groups in total. The predicted octanol–water partition coefficient (Wildman–Crippen LogP) is 2.83. The largest absolute Gasteiger partial charge is 0.330 e. The molecule has 0 radical (unpaired) electrons. The van der Waals surface area contributed by atoms with Crippen LogP contribution in [-0.4, -0.2) is 13.1 Å². The zero-order valence-electron chi connectivity index (χ0n) is 8.50. The second-order valence-corrected chi connectivity index (χ2v) is 3.47. The van der Waals surface area contributed by atoms with E-state index in [1.54, 1.807) is 0 Å². The van der Waals surface area contributed by atoms with Crippen LogP contribution in [0.5, 0.6) is 0 Å². The van der Waals surface area contributed by atoms with Crippen molar-refractivity contribution in [2.75, 3.05) is 13.1 Å². The molecule has 0 rings (SSSR count). The lowest BCUT2D eigenvalue weighted by Crippen LogP contribution is -1.97. The van der Waals surface area contributed by atoms with Crippen LogP contribution in [0.25, 0.3) is 0 Å². The third kappa shape index (κ3) is 11.6. The average molecular weight is 186 g/mol. The standard InChI is InChI=1S/C10H22N2O/c11-9-7-5-3-1-2-4-6-8-10-12-13/h1-11H2. The molecule has 78 valence electrons. The molecule has 0 spiro atoms. The van der Waals surface area contributed by atoms with Gasteiger partial charge in [-0.25, -0.2) is 0 Å². The topological polar surface area (TPSA) is 55.4 Å². The molecule has 13 heavy (non-hydrogen) atoms. The summed E-state index contributed by atoms with van der Waals surface area (Å²) in [6.45, 7) is 1.32. The van der Waals surface area contributed by atoms with E-state index in [2.05, 4.69) is 5.18 Å². The lowest BCUT2D eigenvalue weighted by atomic mass is 10.1. The van der Waals surface area contributed by atoms with Gasteiger partial charge in [-0.1, -0.05) is 43.7 Å². The molecular formula is C10H22N2O. The Kier molecular flexibility index (Phi) is 11.2. The molecule has 0 atom stereocenters. The van der Waals surface area contributed by atoms with Crippen LogP contribution in [0.2, 0.25) is 0 Å². The summed E-state index contributed by atoms with van der Waals surface area (Å²) in [5, 5.41) is 2.83. The van der Waals surface area contributed by atoms with Crippen LogP contribution in [0.4, 0.5) is 0 Å². The quantitative estimate of drug-likeness (QED) is 0.421. The molecule has 0 aromatic rings. The second-order valence-electron chi connectivity index (χ2n) is 3.47. The first kappa shape index (κ1) is 12.6. The molecule has 0 fully saturated rings. The molecule has 0 aliphatic carbocycles. The molecule has 0 saturated heterocycles. The molecule has 3 nitrogen and oxygen atoms in total. The minimum atomic E-state index is 0.493. The van der Waals surface area contributed by atoms with Gasteiger partial charge in [0.2, 0.25) is 0 Å². The van der Waals surface area contributed by atoms with Crippen molar-refractivity contribution in [1.82, 2.24) is 0 Å². The number of unbranched alkanes of at least 4 members (excludes halogenated alkanes) is 7. The van der Waals surface area contributed by atoms with Crippen LogP contribution in [0.3, 0.4) is 0 Å². The molecule has 0 aliphatic rings. The minimum absolute atomic E-state index is 0.493. The van der Waals surface area contributed by atoms with Gasteiger partial charge in [0.1, 0.15) is 0 Å². The molecule has 0 unspecified atom stereocenters. The number of nitroso groups, excluding NO2 is 1. The highest BCUT2D eigenvalue weighted by Crippen LogP contribution is 2.07. The van der Waals surface area contributed by atoms with Gasteiger partial charge in [-0.2, -0.15) is 4.91 Å². The van der Waals surface area contributed by atoms with Crippen molar-refractivity contribution in [3.05, 3.63) is 4.91 Å². The Morgan fingerprint density at radius 2 is 1.23 bits per heavy atom. The summed E-state index contributed by atoms with van der Waals surface area (Å²) in [5.74, 6) is 0. The molecular weight excluding hydrogens is 164 g/mol. The van der Waals surface area contributed by atoms with Gasteiger partial charge in [0.25, 0.3) is 0 Å². The average Bonchev–Trinajstić information content (AvgIpc) is 2.16. The van der Waals surface area contributed by atoms with E-state index in [4.69, 9.17) is 5.73 Å². The highest BCUT2D eigenvalue weighted by atomic mass is 16.3. The van der Waals surface area contributed by atoms with Crippen molar-refractivity contribution < 1.29 is 0 Å². The zero-order valence-corrected chi connectivity index (χ0v) is 8.50. The van der Waals surface area contributed by atoms with Gasteiger partial charge in [0, 0.05) is 0 Å². The predicted molar refractivity (Wildman–Crippen MR) is 56.7 cm³/mol. The van der Waals surface area contributed by atoms with Crippen molar-refractivity contribution in [2.24, 2.45) is 10.9 Å². The van der Waals surface area contributed by atoms with E-state index >= 15 is 0 Å². The first-order valence-electron chi connectivity index (χ1n) is 5.41. The van der Waals surface area contributed by atoms with Gasteiger partial charge in [-0.05, 0) is 19.4 Å². The van der Waals surface area contributed by atoms with E-state index in [1.807, 2.05) is 0 Å². The smallest absolute Gasteiger partial charge is 0.0811 e. The number of hydrogen-bond donors (Lipinski definition) is 1. The maximum atomic E-state index is 9.75. The second kappa shape index (κ2) is 11.6. The van der Waals surface area contributed by atoms with Gasteiger partial charge in [0.05, 0.1) is 6.54 Å². The molecule has 0 aromatic heterocycles. The van der Waals surface area contributed by atoms with Gasteiger partial charge in [0.15, 0.2) is 0 Å². The van der Waals surface area contributed by atoms with Crippen LogP contribution >= 0.6 is 0 Å². The van der Waals surface area contributed by atoms with Crippen molar-refractivity contribution in [3.63, 3.8) is 0 Å². The summed E-state index contributed by atoms with van der Waals surface area (Å²) in [6.07, 6.45) is 9.72. The summed E-state index contributed by atoms with van der Waals surface area (Å²) < 4.78 is 0. The Labute approximate surface area is 81.1 Å². The van der Waals surface area contributed by atoms with Crippen LogP contribution in [-0.2, 0) is 0 Å². The first-order valence-corrected chi connectivity index (χ1v) is 5.41. The fourth-order valence-corrected chi connectivity index (χ4v) is 1.38. The van der Waals surface area contributed by atoms with Crippen molar-refractivity contribution >= 4 is 0 Å². The van der Waals surface area contributed by atoms with Gasteiger partial charge < -0.3 is 5.73 Å². The first-order chi connectivity index (χ1) is 6.41. The lowest BCUT2D eigenvalue weighted by Gasteiger charge is -1.99. The number of rotatable bonds is 10. The summed E-state index contributed by atoms with van der Waals surface area (Å²) in [7, 11) is 0. The van der Waals surface area contributed by atoms with E-state index in [0.717, 1.165) is 25.8 Å². The maximum Gasteiger partial charge on any atom is 0.0811 e. The third-order valence-electron chi connectivity index (χ3n) is 2.20. The van der Waals surface area contributed by atoms with Crippen molar-refractivity contribution in [2.45, 2.75) is 51.4 Å². The van der Waals surface area contributed by atoms with E-state index < -0.39 is 0 Å². The van der Waals surface area contributed by atoms with E-state index in [1.165, 1.54) is 32.1 Å². The third-order valence-corrected chi connectivity index (χ3v) is 2.20. The van der Waals surface area contributed by atoms with Crippen LogP contribution in [0.15, 0.2) is 5.18 Å². The lowest BCUT2D eigenvalue weighted by molar-refractivity contribution is 0.572. The van der Waals surface area contributed by atoms with Crippen molar-refractivity contribution in [3.8, 4) is 0 Å². The monoisotopic (exact) mass is 186 g/mol. The Balaban J connectivity index is 2.79. The molecule has 3 heteroatoms. The van der Waals surface area contributed by atoms with Gasteiger partial charge >= 0.3 is 0 Å². The highest BCUT2D eigenvalue weighted by Gasteiger charge is 1.91. The Hall–Kier alpha value is -0.440. The minimum Gasteiger partial charge on any atom is -0.330 e. The summed E-state index contributed by atoms with van der Waals surface area (Å²) in [6, 6.07) is 0. The number of nitrogens with zero attached hydrogens (tertiary/aromatic N) is 1. The zero-order chi connectivity index (χ0) is 9.78. The maximum absolute atomic E-state index is 9.75. The van der Waals surface area contributed by atoms with E-state index in [-0.39, 0.29) is 0 Å². The SMILES string of the molecule is NCCCCCCCCCCN=O. The molecule has 0 aromatic carbocycles. The van der Waals surface area contributed by atoms with Crippen LogP contribution in [0.1, 0.15) is 51.4 Å². The summed E-state index contributed by atoms with van der Waals surface area (Å²) >= 11 is 0. The molecule has 0 saturated carbocycles. The fraction of sp³-hybridized carbons (Fsp3) is 1.00. The summed E-state index contributed by atoms with van der Waals surface area (Å²) in [4.78, 5) is 9.75. The molecule has 0 aliphatic heterocycles. The van der Waals surface area contributed by atoms with Crippen LogP contribution in [0, 0.1) is 4.91 Å². The number of hydrogen-bond acceptors (Lipinski definition) is 3. The van der Waals surface area contributed by atoms with Gasteiger partial charge in [-0.15, -0.1) is 0 Å². The Bertz CT molecular complexity index is 107.